The van der Waals surface area contributed by atoms with Gasteiger partial charge in [0.25, 0.3) is 5.91 Å². The third-order valence-electron chi connectivity index (χ3n) is 5.05. The number of rotatable bonds is 6. The molecule has 1 aromatic heterocycles. The Kier molecular flexibility index (Phi) is 5.33. The van der Waals surface area contributed by atoms with Crippen molar-refractivity contribution in [2.75, 3.05) is 12.0 Å². The number of hydrogen-bond acceptors (Lipinski definition) is 7. The Morgan fingerprint density at radius 2 is 1.84 bits per heavy atom. The number of nitrogens with two attached hydrogens (primary N) is 1. The van der Waals surface area contributed by atoms with Gasteiger partial charge in [-0.15, -0.1) is 0 Å². The van der Waals surface area contributed by atoms with Crippen LogP contribution in [0.25, 0.3) is 0 Å². The minimum Gasteiger partial charge on any atom is -0.503 e. The first-order chi connectivity index (χ1) is 15.2. The van der Waals surface area contributed by atoms with Crippen molar-refractivity contribution in [2.45, 2.75) is 10.9 Å². The quantitative estimate of drug-likeness (QED) is 0.546. The molecule has 0 aliphatic carbocycles. The number of ketones is 1. The number of anilines is 1. The summed E-state index contributed by atoms with van der Waals surface area (Å²) in [5.74, 6) is -1.77. The maximum absolute atomic E-state index is 13.1. The highest BCUT2D eigenvalue weighted by Crippen LogP contribution is 2.42. The van der Waals surface area contributed by atoms with Crippen molar-refractivity contribution in [1.82, 2.24) is 0 Å². The second-order valence-electron chi connectivity index (χ2n) is 6.96. The summed E-state index contributed by atoms with van der Waals surface area (Å²) in [5.41, 5.74) is 0.574. The number of aliphatic hydroxyl groups excluding tert-OH is 1. The topological polar surface area (TPSA) is 140 Å². The Hall–Kier alpha value is -3.89. The van der Waals surface area contributed by atoms with Gasteiger partial charge in [-0.05, 0) is 54.1 Å². The normalized spacial score (nSPS) is 16.5. The summed E-state index contributed by atoms with van der Waals surface area (Å²) in [6.45, 7) is 0. The molecule has 32 heavy (non-hydrogen) atoms. The number of carbonyl (C=O) groups is 2. The predicted octanol–water partition coefficient (Wildman–Crippen LogP) is 2.72. The molecule has 1 unspecified atom stereocenters. The minimum atomic E-state index is -3.94. The van der Waals surface area contributed by atoms with Crippen molar-refractivity contribution in [2.24, 2.45) is 5.14 Å². The molecule has 164 valence electrons. The number of amides is 1. The number of methoxy groups -OCH3 is 1. The fraction of sp³-hybridized carbons (Fsp3) is 0.0909. The van der Waals surface area contributed by atoms with Crippen LogP contribution in [0.15, 0.2) is 87.6 Å². The van der Waals surface area contributed by atoms with Gasteiger partial charge in [0.1, 0.15) is 5.75 Å². The lowest BCUT2D eigenvalue weighted by Gasteiger charge is -2.27. The first-order valence-corrected chi connectivity index (χ1v) is 10.9. The van der Waals surface area contributed by atoms with Gasteiger partial charge >= 0.3 is 0 Å². The highest BCUT2D eigenvalue weighted by molar-refractivity contribution is 7.89. The summed E-state index contributed by atoms with van der Waals surface area (Å²) in [6, 6.07) is 13.9. The van der Waals surface area contributed by atoms with Gasteiger partial charge in [-0.1, -0.05) is 12.1 Å². The molecular formula is C22H18N2O7S. The van der Waals surface area contributed by atoms with Crippen LogP contribution in [0, 0.1) is 0 Å². The van der Waals surface area contributed by atoms with Gasteiger partial charge in [0.05, 0.1) is 29.9 Å². The second kappa shape index (κ2) is 7.98. The fourth-order valence-corrected chi connectivity index (χ4v) is 4.08. The molecule has 0 bridgehead atoms. The first kappa shape index (κ1) is 21.3. The van der Waals surface area contributed by atoms with E-state index in [0.717, 1.165) is 0 Å². The molecule has 1 aliphatic rings. The summed E-state index contributed by atoms with van der Waals surface area (Å²) in [7, 11) is -2.47. The maximum atomic E-state index is 13.1. The smallest absolute Gasteiger partial charge is 0.294 e. The van der Waals surface area contributed by atoms with Crippen molar-refractivity contribution in [3.05, 3.63) is 89.6 Å². The van der Waals surface area contributed by atoms with E-state index in [9.17, 15) is 23.1 Å². The van der Waals surface area contributed by atoms with Gasteiger partial charge in [0.2, 0.25) is 15.8 Å². The third kappa shape index (κ3) is 3.66. The van der Waals surface area contributed by atoms with Crippen molar-refractivity contribution in [1.29, 1.82) is 0 Å². The predicted molar refractivity (Wildman–Crippen MR) is 114 cm³/mol. The van der Waals surface area contributed by atoms with Crippen LogP contribution in [0.1, 0.15) is 22.2 Å². The van der Waals surface area contributed by atoms with E-state index >= 15 is 0 Å². The number of primary sulfonamides is 1. The summed E-state index contributed by atoms with van der Waals surface area (Å²) >= 11 is 0. The number of carbonyl (C=O) groups excluding carboxylic acids is 2. The molecule has 9 nitrogen and oxygen atoms in total. The Bertz CT molecular complexity index is 1330. The number of Topliss-reactive ketones (excluding diaryl/α,β-unsaturated/α-hetero) is 1. The average Bonchev–Trinajstić information content (AvgIpc) is 3.40. The number of sulfonamides is 1. The molecule has 1 amide bonds. The van der Waals surface area contributed by atoms with E-state index in [1.165, 1.54) is 54.7 Å². The molecule has 0 fully saturated rings. The van der Waals surface area contributed by atoms with Crippen molar-refractivity contribution in [3.63, 3.8) is 0 Å². The van der Waals surface area contributed by atoms with Crippen LogP contribution in [0.2, 0.25) is 0 Å². The maximum Gasteiger partial charge on any atom is 0.294 e. The number of ether oxygens (including phenoxy) is 1. The summed E-state index contributed by atoms with van der Waals surface area (Å²) in [4.78, 5) is 27.3. The van der Waals surface area contributed by atoms with Crippen LogP contribution in [0.4, 0.5) is 5.69 Å². The number of aliphatic hydroxyl groups is 1. The van der Waals surface area contributed by atoms with E-state index in [-0.39, 0.29) is 21.9 Å². The first-order valence-electron chi connectivity index (χ1n) is 9.34. The summed E-state index contributed by atoms with van der Waals surface area (Å²) in [5, 5.41) is 15.8. The van der Waals surface area contributed by atoms with E-state index < -0.39 is 33.5 Å². The molecule has 2 heterocycles. The number of nitrogens with zero attached hydrogens (tertiary/aromatic N) is 1. The van der Waals surface area contributed by atoms with E-state index in [1.54, 1.807) is 24.3 Å². The van der Waals surface area contributed by atoms with Crippen LogP contribution in [0.5, 0.6) is 5.75 Å². The Balaban J connectivity index is 1.87. The summed E-state index contributed by atoms with van der Waals surface area (Å²) in [6.07, 6.45) is 1.31. The van der Waals surface area contributed by atoms with E-state index in [0.29, 0.717) is 11.3 Å². The van der Waals surface area contributed by atoms with E-state index in [4.69, 9.17) is 14.3 Å². The summed E-state index contributed by atoms with van der Waals surface area (Å²) < 4.78 is 33.6. The highest BCUT2D eigenvalue weighted by atomic mass is 32.2. The molecule has 1 aliphatic heterocycles. The highest BCUT2D eigenvalue weighted by Gasteiger charge is 2.45. The number of hydrogen-bond donors (Lipinski definition) is 2. The van der Waals surface area contributed by atoms with Gasteiger partial charge < -0.3 is 14.3 Å². The second-order valence-corrected chi connectivity index (χ2v) is 8.52. The number of benzene rings is 2. The van der Waals surface area contributed by atoms with Gasteiger partial charge in [-0.25, -0.2) is 13.6 Å². The van der Waals surface area contributed by atoms with E-state index in [2.05, 4.69) is 0 Å². The monoisotopic (exact) mass is 454 g/mol. The van der Waals surface area contributed by atoms with Crippen LogP contribution < -0.4 is 14.8 Å². The lowest BCUT2D eigenvalue weighted by molar-refractivity contribution is -0.117. The molecule has 2 aromatic carbocycles. The Labute approximate surface area is 183 Å². The molecule has 0 saturated heterocycles. The molecule has 3 N–H and O–H groups in total. The zero-order chi connectivity index (χ0) is 23.0. The van der Waals surface area contributed by atoms with Crippen LogP contribution >= 0.6 is 0 Å². The molecular weight excluding hydrogens is 436 g/mol. The number of furan rings is 1. The SMILES string of the molecule is COc1cccc(C2C(C(=O)c3ccco3)=C(O)C(=O)N2c2ccc(S(N)(=O)=O)cc2)c1. The van der Waals surface area contributed by atoms with Crippen molar-refractivity contribution >= 4 is 27.4 Å². The molecule has 3 aromatic rings. The lowest BCUT2D eigenvalue weighted by atomic mass is 9.94. The van der Waals surface area contributed by atoms with Gasteiger partial charge in [0.15, 0.2) is 11.5 Å². The van der Waals surface area contributed by atoms with Crippen LogP contribution in [-0.4, -0.2) is 32.3 Å². The molecule has 0 saturated carbocycles. The van der Waals surface area contributed by atoms with Gasteiger partial charge in [-0.2, -0.15) is 0 Å². The lowest BCUT2D eigenvalue weighted by Crippen LogP contribution is -2.31. The van der Waals surface area contributed by atoms with Crippen LogP contribution in [0.3, 0.4) is 0 Å². The van der Waals surface area contributed by atoms with Crippen molar-refractivity contribution in [3.8, 4) is 5.75 Å². The third-order valence-corrected chi connectivity index (χ3v) is 5.98. The molecule has 1 atom stereocenters. The molecule has 4 rings (SSSR count). The average molecular weight is 454 g/mol. The Morgan fingerprint density at radius 3 is 2.44 bits per heavy atom. The van der Waals surface area contributed by atoms with Crippen molar-refractivity contribution < 1.29 is 32.3 Å². The van der Waals surface area contributed by atoms with E-state index in [1.807, 2.05) is 0 Å². The largest absolute Gasteiger partial charge is 0.503 e. The zero-order valence-electron chi connectivity index (χ0n) is 16.8. The van der Waals surface area contributed by atoms with Gasteiger partial charge in [-0.3, -0.25) is 14.5 Å². The molecule has 10 heteroatoms. The fourth-order valence-electron chi connectivity index (χ4n) is 3.57. The minimum absolute atomic E-state index is 0.0429. The molecule has 0 spiro atoms. The Morgan fingerprint density at radius 1 is 1.12 bits per heavy atom. The van der Waals surface area contributed by atoms with Gasteiger partial charge in [0, 0.05) is 5.69 Å². The standard InChI is InChI=1S/C22H18N2O7S/c1-30-15-5-2-4-13(12-15)19-18(20(25)17-6-3-11-31-17)21(26)22(27)24(19)14-7-9-16(10-8-14)32(23,28)29/h2-12,19,26H,1H3,(H2,23,28,29). The molecule has 0 radical (unpaired) electrons. The zero-order valence-corrected chi connectivity index (χ0v) is 17.6. The van der Waals surface area contributed by atoms with Crippen LogP contribution in [-0.2, 0) is 14.8 Å².